The summed E-state index contributed by atoms with van der Waals surface area (Å²) in [6.07, 6.45) is 2.69. The van der Waals surface area contributed by atoms with E-state index in [1.165, 1.54) is 22.0 Å². The Morgan fingerprint density at radius 3 is 2.23 bits per heavy atom. The number of carbonyl (C=O) groups excluding carboxylic acids is 1. The number of carbonyl (C=O) groups is 1. The van der Waals surface area contributed by atoms with Crippen molar-refractivity contribution < 1.29 is 14.3 Å². The number of hydrogen-bond donors (Lipinski definition) is 0. The van der Waals surface area contributed by atoms with Crippen LogP contribution in [0.2, 0.25) is 0 Å². The van der Waals surface area contributed by atoms with Crippen LogP contribution in [0.25, 0.3) is 10.9 Å². The SMILES string of the molecule is CCOc1ccc([C@@H](CC(=O)N2CCN(CC)CC2)c2cn(Cc3ccc(OC)cc3)c3ccccc23)cc1. The van der Waals surface area contributed by atoms with Gasteiger partial charge in [0.2, 0.25) is 5.91 Å². The fourth-order valence-electron chi connectivity index (χ4n) is 5.60. The number of piperazine rings is 1. The Hall–Kier alpha value is -3.77. The van der Waals surface area contributed by atoms with E-state index in [4.69, 9.17) is 9.47 Å². The van der Waals surface area contributed by atoms with Gasteiger partial charge in [0.1, 0.15) is 11.5 Å². The lowest BCUT2D eigenvalue weighted by Gasteiger charge is -2.35. The molecule has 0 spiro atoms. The molecule has 1 fully saturated rings. The van der Waals surface area contributed by atoms with Crippen molar-refractivity contribution >= 4 is 16.8 Å². The lowest BCUT2D eigenvalue weighted by molar-refractivity contribution is -0.133. The monoisotopic (exact) mass is 525 g/mol. The maximum Gasteiger partial charge on any atom is 0.223 e. The highest BCUT2D eigenvalue weighted by Crippen LogP contribution is 2.36. The molecule has 0 unspecified atom stereocenters. The fourth-order valence-corrected chi connectivity index (χ4v) is 5.60. The van der Waals surface area contributed by atoms with E-state index in [0.717, 1.165) is 56.3 Å². The molecule has 1 amide bonds. The summed E-state index contributed by atoms with van der Waals surface area (Å²) in [5, 5.41) is 1.19. The van der Waals surface area contributed by atoms with E-state index in [2.05, 4.69) is 71.1 Å². The van der Waals surface area contributed by atoms with E-state index in [1.54, 1.807) is 7.11 Å². The second-order valence-corrected chi connectivity index (χ2v) is 10.2. The van der Waals surface area contributed by atoms with Gasteiger partial charge in [-0.2, -0.15) is 0 Å². The first-order chi connectivity index (χ1) is 19.1. The average Bonchev–Trinajstić information content (AvgIpc) is 3.35. The van der Waals surface area contributed by atoms with Gasteiger partial charge < -0.3 is 23.8 Å². The number of likely N-dealkylation sites (N-methyl/N-ethyl adjacent to an activating group) is 1. The number of ether oxygens (including phenoxy) is 2. The number of aromatic nitrogens is 1. The molecule has 3 aromatic carbocycles. The van der Waals surface area contributed by atoms with Crippen molar-refractivity contribution in [2.24, 2.45) is 0 Å². The van der Waals surface area contributed by atoms with Gasteiger partial charge >= 0.3 is 0 Å². The summed E-state index contributed by atoms with van der Waals surface area (Å²) in [7, 11) is 1.69. The zero-order chi connectivity index (χ0) is 27.2. The Morgan fingerprint density at radius 2 is 1.56 bits per heavy atom. The van der Waals surface area contributed by atoms with Crippen molar-refractivity contribution in [3.8, 4) is 11.5 Å². The van der Waals surface area contributed by atoms with Gasteiger partial charge in [-0.1, -0.05) is 49.4 Å². The molecule has 1 aliphatic rings. The summed E-state index contributed by atoms with van der Waals surface area (Å²) in [6, 6.07) is 25.0. The second-order valence-electron chi connectivity index (χ2n) is 10.2. The van der Waals surface area contributed by atoms with Crippen LogP contribution in [0.3, 0.4) is 0 Å². The molecule has 0 N–H and O–H groups in total. The van der Waals surface area contributed by atoms with Crippen molar-refractivity contribution in [3.05, 3.63) is 95.7 Å². The molecule has 0 radical (unpaired) electrons. The molecular weight excluding hydrogens is 486 g/mol. The third-order valence-corrected chi connectivity index (χ3v) is 7.85. The predicted molar refractivity (Wildman–Crippen MR) is 157 cm³/mol. The van der Waals surface area contributed by atoms with E-state index in [-0.39, 0.29) is 11.8 Å². The molecule has 0 bridgehead atoms. The van der Waals surface area contributed by atoms with Crippen LogP contribution in [0.4, 0.5) is 0 Å². The summed E-state index contributed by atoms with van der Waals surface area (Å²) < 4.78 is 13.4. The lowest BCUT2D eigenvalue weighted by atomic mass is 9.87. The molecule has 6 nitrogen and oxygen atoms in total. The Balaban J connectivity index is 1.50. The van der Waals surface area contributed by atoms with Crippen molar-refractivity contribution in [2.45, 2.75) is 32.7 Å². The van der Waals surface area contributed by atoms with E-state index in [9.17, 15) is 4.79 Å². The van der Waals surface area contributed by atoms with Crippen LogP contribution in [-0.2, 0) is 11.3 Å². The van der Waals surface area contributed by atoms with E-state index in [1.807, 2.05) is 36.1 Å². The van der Waals surface area contributed by atoms with Crippen molar-refractivity contribution in [1.82, 2.24) is 14.4 Å². The van der Waals surface area contributed by atoms with E-state index in [0.29, 0.717) is 13.0 Å². The molecular formula is C33H39N3O3. The quantitative estimate of drug-likeness (QED) is 0.263. The first kappa shape index (κ1) is 26.8. The van der Waals surface area contributed by atoms with Crippen LogP contribution >= 0.6 is 0 Å². The molecule has 1 aromatic heterocycles. The zero-order valence-corrected chi connectivity index (χ0v) is 23.3. The van der Waals surface area contributed by atoms with Crippen LogP contribution in [0.5, 0.6) is 11.5 Å². The maximum atomic E-state index is 13.7. The number of para-hydroxylation sites is 1. The van der Waals surface area contributed by atoms with Crippen LogP contribution < -0.4 is 9.47 Å². The Morgan fingerprint density at radius 1 is 0.872 bits per heavy atom. The van der Waals surface area contributed by atoms with Gasteiger partial charge in [0, 0.05) is 62.2 Å². The predicted octanol–water partition coefficient (Wildman–Crippen LogP) is 5.78. The van der Waals surface area contributed by atoms with Crippen LogP contribution in [0.15, 0.2) is 79.0 Å². The normalized spacial score (nSPS) is 14.9. The third-order valence-electron chi connectivity index (χ3n) is 7.85. The van der Waals surface area contributed by atoms with Crippen LogP contribution in [-0.4, -0.2) is 66.7 Å². The molecule has 39 heavy (non-hydrogen) atoms. The van der Waals surface area contributed by atoms with Gasteiger partial charge in [0.05, 0.1) is 13.7 Å². The Kier molecular flexibility index (Phi) is 8.52. The molecule has 6 heteroatoms. The molecule has 0 aliphatic carbocycles. The van der Waals surface area contributed by atoms with Crippen molar-refractivity contribution in [2.75, 3.05) is 46.4 Å². The minimum atomic E-state index is -0.0561. The molecule has 1 aliphatic heterocycles. The Bertz CT molecular complexity index is 1370. The van der Waals surface area contributed by atoms with E-state index >= 15 is 0 Å². The second kappa shape index (κ2) is 12.4. The molecule has 1 atom stereocenters. The minimum absolute atomic E-state index is 0.0561. The topological polar surface area (TPSA) is 46.9 Å². The standard InChI is InChI=1S/C33H39N3O3/c1-4-34-18-20-35(21-19-34)33(37)22-30(26-12-16-28(17-13-26)39-5-2)31-24-36(32-9-7-6-8-29(31)32)23-25-10-14-27(38-3)15-11-25/h6-17,24,30H,4-5,18-23H2,1-3H3/t30-/m1/s1. The number of hydrogen-bond acceptors (Lipinski definition) is 4. The molecule has 1 saturated heterocycles. The lowest BCUT2D eigenvalue weighted by Crippen LogP contribution is -2.48. The van der Waals surface area contributed by atoms with Crippen molar-refractivity contribution in [3.63, 3.8) is 0 Å². The molecule has 204 valence electrons. The number of methoxy groups -OCH3 is 1. The molecule has 5 rings (SSSR count). The van der Waals surface area contributed by atoms with Crippen LogP contribution in [0, 0.1) is 0 Å². The molecule has 0 saturated carbocycles. The van der Waals surface area contributed by atoms with Gasteiger partial charge in [-0.05, 0) is 60.5 Å². The number of benzene rings is 3. The first-order valence-electron chi connectivity index (χ1n) is 14.0. The molecule has 2 heterocycles. The van der Waals surface area contributed by atoms with Crippen molar-refractivity contribution in [1.29, 1.82) is 0 Å². The highest BCUT2D eigenvalue weighted by atomic mass is 16.5. The summed E-state index contributed by atoms with van der Waals surface area (Å²) >= 11 is 0. The van der Waals surface area contributed by atoms with Crippen LogP contribution in [0.1, 0.15) is 42.9 Å². The Labute approximate surface area is 231 Å². The highest BCUT2D eigenvalue weighted by Gasteiger charge is 2.27. The zero-order valence-electron chi connectivity index (χ0n) is 23.3. The summed E-state index contributed by atoms with van der Waals surface area (Å²) in [5.41, 5.74) is 4.68. The minimum Gasteiger partial charge on any atom is -0.497 e. The molecule has 4 aromatic rings. The first-order valence-corrected chi connectivity index (χ1v) is 14.0. The van der Waals surface area contributed by atoms with Gasteiger partial charge in [-0.3, -0.25) is 4.79 Å². The number of amides is 1. The fraction of sp³-hybridized carbons (Fsp3) is 0.364. The number of nitrogens with zero attached hydrogens (tertiary/aromatic N) is 3. The smallest absolute Gasteiger partial charge is 0.223 e. The van der Waals surface area contributed by atoms with Gasteiger partial charge in [-0.25, -0.2) is 0 Å². The largest absolute Gasteiger partial charge is 0.497 e. The summed E-state index contributed by atoms with van der Waals surface area (Å²) in [4.78, 5) is 18.1. The van der Waals surface area contributed by atoms with Gasteiger partial charge in [0.25, 0.3) is 0 Å². The summed E-state index contributed by atoms with van der Waals surface area (Å²) in [6.45, 7) is 10.0. The van der Waals surface area contributed by atoms with Gasteiger partial charge in [-0.15, -0.1) is 0 Å². The van der Waals surface area contributed by atoms with E-state index < -0.39 is 0 Å². The number of fused-ring (bicyclic) bond motifs is 1. The maximum absolute atomic E-state index is 13.7. The average molecular weight is 526 g/mol. The number of rotatable bonds is 10. The van der Waals surface area contributed by atoms with Gasteiger partial charge in [0.15, 0.2) is 0 Å². The third kappa shape index (κ3) is 6.12. The highest BCUT2D eigenvalue weighted by molar-refractivity contribution is 5.87. The summed E-state index contributed by atoms with van der Waals surface area (Å²) in [5.74, 6) is 1.87.